The molecule has 0 atom stereocenters. The van der Waals surface area contributed by atoms with Crippen LogP contribution >= 0.6 is 0 Å². The average Bonchev–Trinajstić information content (AvgIpc) is 3.48. The molecule has 8 nitrogen and oxygen atoms in total. The highest BCUT2D eigenvalue weighted by Gasteiger charge is 2.16. The van der Waals surface area contributed by atoms with Crippen molar-refractivity contribution in [2.24, 2.45) is 0 Å². The monoisotopic (exact) mass is 474 g/mol. The van der Waals surface area contributed by atoms with E-state index in [-0.39, 0.29) is 12.6 Å². The largest absolute Gasteiger partial charge is 0.469 e. The van der Waals surface area contributed by atoms with Gasteiger partial charge in [-0.05, 0) is 36.6 Å². The summed E-state index contributed by atoms with van der Waals surface area (Å²) in [5.74, 6) is -0.232. The van der Waals surface area contributed by atoms with Crippen molar-refractivity contribution in [3.63, 3.8) is 0 Å². The Kier molecular flexibility index (Phi) is 7.82. The number of hydrogen-bond donors (Lipinski definition) is 1. The number of methoxy groups -OCH3 is 1. The number of imidazole rings is 1. The fraction of sp³-hybridized carbons (Fsp3) is 0.296. The zero-order valence-corrected chi connectivity index (χ0v) is 20.1. The molecule has 0 radical (unpaired) electrons. The van der Waals surface area contributed by atoms with Crippen molar-refractivity contribution < 1.29 is 19.1 Å². The summed E-state index contributed by atoms with van der Waals surface area (Å²) >= 11 is 0. The molecule has 1 amide bonds. The lowest BCUT2D eigenvalue weighted by Crippen LogP contribution is -2.26. The van der Waals surface area contributed by atoms with Gasteiger partial charge in [0, 0.05) is 47.6 Å². The summed E-state index contributed by atoms with van der Waals surface area (Å²) in [7, 11) is 1.41. The highest BCUT2D eigenvalue weighted by atomic mass is 16.5. The summed E-state index contributed by atoms with van der Waals surface area (Å²) in [5, 5.41) is 3.96. The quantitative estimate of drug-likeness (QED) is 0.348. The van der Waals surface area contributed by atoms with Crippen LogP contribution in [0, 0.1) is 6.92 Å². The molecule has 0 aliphatic rings. The maximum absolute atomic E-state index is 12.1. The van der Waals surface area contributed by atoms with Gasteiger partial charge in [-0.25, -0.2) is 9.78 Å². The third kappa shape index (κ3) is 6.09. The number of benzene rings is 2. The molecule has 0 aliphatic heterocycles. The fourth-order valence-electron chi connectivity index (χ4n) is 4.19. The molecule has 35 heavy (non-hydrogen) atoms. The average molecular weight is 475 g/mol. The lowest BCUT2D eigenvalue weighted by molar-refractivity contribution is -0.140. The SMILES string of the molecule is COC(=O)CCn1c(C)c(Cn2ccnc2)c2cc(CCNC(=O)OCc3ccccc3)ccc21. The predicted molar refractivity (Wildman–Crippen MR) is 133 cm³/mol. The summed E-state index contributed by atoms with van der Waals surface area (Å²) in [4.78, 5) is 28.0. The second-order valence-electron chi connectivity index (χ2n) is 8.37. The summed E-state index contributed by atoms with van der Waals surface area (Å²) in [6.07, 6.45) is 6.05. The number of amides is 1. The topological polar surface area (TPSA) is 87.4 Å². The molecule has 0 saturated carbocycles. The molecule has 4 rings (SSSR count). The number of rotatable bonds is 10. The number of nitrogens with zero attached hydrogens (tertiary/aromatic N) is 3. The molecule has 182 valence electrons. The van der Waals surface area contributed by atoms with Crippen LogP contribution < -0.4 is 5.32 Å². The Hall–Kier alpha value is -4.07. The molecule has 0 aliphatic carbocycles. The van der Waals surface area contributed by atoms with E-state index in [0.717, 1.165) is 27.7 Å². The van der Waals surface area contributed by atoms with Crippen LogP contribution in [0.5, 0.6) is 0 Å². The highest BCUT2D eigenvalue weighted by molar-refractivity contribution is 5.86. The van der Waals surface area contributed by atoms with Gasteiger partial charge in [0.2, 0.25) is 0 Å². The molecule has 0 saturated heterocycles. The van der Waals surface area contributed by atoms with Crippen LogP contribution in [0.3, 0.4) is 0 Å². The van der Waals surface area contributed by atoms with Crippen LogP contribution in [0.4, 0.5) is 4.79 Å². The predicted octanol–water partition coefficient (Wildman–Crippen LogP) is 4.23. The molecule has 1 N–H and O–H groups in total. The molecular formula is C27H30N4O4. The van der Waals surface area contributed by atoms with Crippen molar-refractivity contribution >= 4 is 23.0 Å². The first kappa shape index (κ1) is 24.1. The first-order valence-electron chi connectivity index (χ1n) is 11.6. The number of carbonyl (C=O) groups is 2. The molecule has 0 bridgehead atoms. The van der Waals surface area contributed by atoms with Gasteiger partial charge in [0.15, 0.2) is 0 Å². The van der Waals surface area contributed by atoms with Gasteiger partial charge in [0.25, 0.3) is 0 Å². The van der Waals surface area contributed by atoms with Gasteiger partial charge in [0.1, 0.15) is 6.61 Å². The van der Waals surface area contributed by atoms with E-state index in [2.05, 4.69) is 40.0 Å². The van der Waals surface area contributed by atoms with Gasteiger partial charge in [-0.1, -0.05) is 36.4 Å². The second-order valence-corrected chi connectivity index (χ2v) is 8.37. The van der Waals surface area contributed by atoms with Crippen LogP contribution in [0.1, 0.15) is 28.8 Å². The van der Waals surface area contributed by atoms with E-state index < -0.39 is 6.09 Å². The van der Waals surface area contributed by atoms with Crippen molar-refractivity contribution in [2.45, 2.75) is 39.5 Å². The molecule has 2 aromatic carbocycles. The van der Waals surface area contributed by atoms with Crippen LogP contribution in [-0.4, -0.2) is 39.8 Å². The van der Waals surface area contributed by atoms with Crippen molar-refractivity contribution in [2.75, 3.05) is 13.7 Å². The molecule has 0 unspecified atom stereocenters. The summed E-state index contributed by atoms with van der Waals surface area (Å²) in [6, 6.07) is 15.9. The molecular weight excluding hydrogens is 444 g/mol. The summed E-state index contributed by atoms with van der Waals surface area (Å²) in [5.41, 5.74) is 5.42. The number of aryl methyl sites for hydroxylation is 1. The van der Waals surface area contributed by atoms with Gasteiger partial charge in [-0.2, -0.15) is 0 Å². The van der Waals surface area contributed by atoms with Crippen molar-refractivity contribution in [1.29, 1.82) is 0 Å². The minimum atomic E-state index is -0.430. The Morgan fingerprint density at radius 2 is 1.91 bits per heavy atom. The summed E-state index contributed by atoms with van der Waals surface area (Å²) < 4.78 is 14.3. The van der Waals surface area contributed by atoms with Gasteiger partial charge in [-0.3, -0.25) is 4.79 Å². The fourth-order valence-corrected chi connectivity index (χ4v) is 4.19. The Morgan fingerprint density at radius 1 is 1.09 bits per heavy atom. The number of ether oxygens (including phenoxy) is 2. The molecule has 8 heteroatoms. The van der Waals surface area contributed by atoms with E-state index in [0.29, 0.717) is 32.5 Å². The summed E-state index contributed by atoms with van der Waals surface area (Å²) in [6.45, 7) is 4.02. The maximum atomic E-state index is 12.1. The number of carbonyl (C=O) groups excluding carboxylic acids is 2. The van der Waals surface area contributed by atoms with Gasteiger partial charge < -0.3 is 23.9 Å². The minimum absolute atomic E-state index is 0.232. The number of hydrogen-bond acceptors (Lipinski definition) is 5. The molecule has 2 heterocycles. The smallest absolute Gasteiger partial charge is 0.407 e. The standard InChI is InChI=1S/C27H30N4O4/c1-20-24(17-30-15-13-28-19-30)23-16-21(8-9-25(23)31(20)14-11-26(32)34-2)10-12-29-27(33)35-18-22-6-4-3-5-7-22/h3-9,13,15-16,19H,10-12,14,17-18H2,1-2H3,(H,29,33). The number of esters is 1. The van der Waals surface area contributed by atoms with Crippen LogP contribution in [0.15, 0.2) is 67.3 Å². The third-order valence-corrected chi connectivity index (χ3v) is 6.08. The lowest BCUT2D eigenvalue weighted by atomic mass is 10.1. The van der Waals surface area contributed by atoms with Crippen molar-refractivity contribution in [3.8, 4) is 0 Å². The van der Waals surface area contributed by atoms with Gasteiger partial charge in [-0.15, -0.1) is 0 Å². The number of alkyl carbamates (subject to hydrolysis) is 1. The second kappa shape index (κ2) is 11.4. The normalized spacial score (nSPS) is 10.9. The molecule has 0 spiro atoms. The van der Waals surface area contributed by atoms with Gasteiger partial charge >= 0.3 is 12.1 Å². The zero-order valence-electron chi connectivity index (χ0n) is 20.1. The van der Waals surface area contributed by atoms with E-state index in [1.807, 2.05) is 41.1 Å². The molecule has 4 aromatic rings. The van der Waals surface area contributed by atoms with E-state index in [4.69, 9.17) is 9.47 Å². The van der Waals surface area contributed by atoms with Crippen molar-refractivity contribution in [3.05, 3.63) is 89.6 Å². The van der Waals surface area contributed by atoms with E-state index in [1.54, 1.807) is 12.5 Å². The Bertz CT molecular complexity index is 1280. The first-order valence-corrected chi connectivity index (χ1v) is 11.6. The number of fused-ring (bicyclic) bond motifs is 1. The van der Waals surface area contributed by atoms with Gasteiger partial charge in [0.05, 0.1) is 26.4 Å². The van der Waals surface area contributed by atoms with E-state index in [1.165, 1.54) is 12.7 Å². The zero-order chi connectivity index (χ0) is 24.6. The lowest BCUT2D eigenvalue weighted by Gasteiger charge is -2.09. The molecule has 2 aromatic heterocycles. The third-order valence-electron chi connectivity index (χ3n) is 6.08. The molecule has 0 fully saturated rings. The highest BCUT2D eigenvalue weighted by Crippen LogP contribution is 2.28. The van der Waals surface area contributed by atoms with Crippen LogP contribution in [-0.2, 0) is 40.4 Å². The first-order chi connectivity index (χ1) is 17.0. The number of aromatic nitrogens is 3. The van der Waals surface area contributed by atoms with E-state index >= 15 is 0 Å². The Balaban J connectivity index is 1.46. The Morgan fingerprint density at radius 3 is 2.66 bits per heavy atom. The van der Waals surface area contributed by atoms with Crippen LogP contribution in [0.2, 0.25) is 0 Å². The van der Waals surface area contributed by atoms with Crippen LogP contribution in [0.25, 0.3) is 10.9 Å². The van der Waals surface area contributed by atoms with E-state index in [9.17, 15) is 9.59 Å². The van der Waals surface area contributed by atoms with Crippen molar-refractivity contribution in [1.82, 2.24) is 19.4 Å². The Labute approximate surface area is 204 Å². The number of nitrogens with one attached hydrogen (secondary N) is 1. The maximum Gasteiger partial charge on any atom is 0.407 e. The minimum Gasteiger partial charge on any atom is -0.469 e.